The van der Waals surface area contributed by atoms with Crippen molar-refractivity contribution >= 4 is 34.0 Å². The molecule has 0 saturated heterocycles. The SMILES string of the molecule is OC1(Cl)c2cccc3cccc(c23)C1(O)Cl. The summed E-state index contributed by atoms with van der Waals surface area (Å²) in [6, 6.07) is 10.6. The fourth-order valence-electron chi connectivity index (χ4n) is 2.25. The Bertz CT molecular complexity index is 542. The van der Waals surface area contributed by atoms with Crippen molar-refractivity contribution < 1.29 is 10.2 Å². The van der Waals surface area contributed by atoms with Gasteiger partial charge in [-0.3, -0.25) is 0 Å². The fourth-order valence-corrected chi connectivity index (χ4v) is 2.77. The van der Waals surface area contributed by atoms with Crippen molar-refractivity contribution in [3.63, 3.8) is 0 Å². The van der Waals surface area contributed by atoms with E-state index in [-0.39, 0.29) is 0 Å². The smallest absolute Gasteiger partial charge is 0.212 e. The van der Waals surface area contributed by atoms with Crippen molar-refractivity contribution in [2.75, 3.05) is 0 Å². The summed E-state index contributed by atoms with van der Waals surface area (Å²) in [5.74, 6) is 0. The third-order valence-corrected chi connectivity index (χ3v) is 4.11. The van der Waals surface area contributed by atoms with Crippen molar-refractivity contribution in [3.8, 4) is 0 Å². The van der Waals surface area contributed by atoms with Crippen LogP contribution < -0.4 is 0 Å². The number of halogens is 2. The van der Waals surface area contributed by atoms with E-state index in [1.807, 2.05) is 12.1 Å². The maximum atomic E-state index is 10.1. The highest BCUT2D eigenvalue weighted by atomic mass is 35.5. The Balaban J connectivity index is 2.54. The molecule has 16 heavy (non-hydrogen) atoms. The van der Waals surface area contributed by atoms with Gasteiger partial charge in [-0.1, -0.05) is 59.6 Å². The third kappa shape index (κ3) is 1.01. The lowest BCUT2D eigenvalue weighted by molar-refractivity contribution is -0.0437. The maximum absolute atomic E-state index is 10.1. The second-order valence-electron chi connectivity index (χ2n) is 3.95. The van der Waals surface area contributed by atoms with Gasteiger partial charge >= 0.3 is 0 Å². The van der Waals surface area contributed by atoms with Gasteiger partial charge < -0.3 is 10.2 Å². The number of hydrogen-bond donors (Lipinski definition) is 2. The molecule has 0 radical (unpaired) electrons. The van der Waals surface area contributed by atoms with Gasteiger partial charge in [0, 0.05) is 11.1 Å². The summed E-state index contributed by atoms with van der Waals surface area (Å²) >= 11 is 11.9. The van der Waals surface area contributed by atoms with Gasteiger partial charge in [0.15, 0.2) is 0 Å². The zero-order valence-electron chi connectivity index (χ0n) is 8.11. The standard InChI is InChI=1S/C12H8Cl2O2/c13-11(15)8-5-1-3-7-4-2-6-9(10(7)8)12(11,14)16/h1-6,15-16H. The third-order valence-electron chi connectivity index (χ3n) is 3.06. The minimum absolute atomic E-state index is 0.444. The van der Waals surface area contributed by atoms with E-state index in [0.29, 0.717) is 11.1 Å². The highest BCUT2D eigenvalue weighted by Crippen LogP contribution is 2.56. The summed E-state index contributed by atoms with van der Waals surface area (Å²) in [7, 11) is 0. The van der Waals surface area contributed by atoms with Crippen molar-refractivity contribution in [2.45, 2.75) is 10.1 Å². The van der Waals surface area contributed by atoms with E-state index in [9.17, 15) is 10.2 Å². The summed E-state index contributed by atoms with van der Waals surface area (Å²) in [6.07, 6.45) is 0. The molecule has 3 rings (SSSR count). The van der Waals surface area contributed by atoms with E-state index in [1.165, 1.54) is 0 Å². The molecule has 0 saturated carbocycles. The highest BCUT2D eigenvalue weighted by Gasteiger charge is 2.56. The lowest BCUT2D eigenvalue weighted by Crippen LogP contribution is -2.36. The molecule has 2 atom stereocenters. The largest absolute Gasteiger partial charge is 0.367 e. The van der Waals surface area contributed by atoms with Crippen LogP contribution in [0.3, 0.4) is 0 Å². The molecule has 0 bridgehead atoms. The Kier molecular flexibility index (Phi) is 1.88. The van der Waals surface area contributed by atoms with Crippen LogP contribution in [-0.2, 0) is 10.1 Å². The molecule has 2 aromatic rings. The molecule has 82 valence electrons. The molecule has 0 spiro atoms. The Morgan fingerprint density at radius 3 is 1.69 bits per heavy atom. The Hall–Kier alpha value is -0.800. The zero-order chi connectivity index (χ0) is 11.6. The van der Waals surface area contributed by atoms with Crippen LogP contribution in [-0.4, -0.2) is 10.2 Å². The van der Waals surface area contributed by atoms with E-state index in [0.717, 1.165) is 10.8 Å². The van der Waals surface area contributed by atoms with Gasteiger partial charge in [0.05, 0.1) is 0 Å². The molecule has 0 fully saturated rings. The maximum Gasteiger partial charge on any atom is 0.212 e. The molecule has 0 aromatic heterocycles. The minimum Gasteiger partial charge on any atom is -0.367 e. The lowest BCUT2D eigenvalue weighted by Gasteiger charge is -2.28. The number of hydrogen-bond acceptors (Lipinski definition) is 2. The number of aliphatic hydroxyl groups is 2. The summed E-state index contributed by atoms with van der Waals surface area (Å²) < 4.78 is 0. The van der Waals surface area contributed by atoms with Crippen LogP contribution in [0.25, 0.3) is 10.8 Å². The van der Waals surface area contributed by atoms with Crippen LogP contribution in [0.2, 0.25) is 0 Å². The first-order valence-electron chi connectivity index (χ1n) is 4.81. The normalized spacial score (nSPS) is 32.2. The van der Waals surface area contributed by atoms with Crippen molar-refractivity contribution in [1.29, 1.82) is 0 Å². The topological polar surface area (TPSA) is 40.5 Å². The summed E-state index contributed by atoms with van der Waals surface area (Å²) in [5.41, 5.74) is 0.888. The predicted molar refractivity (Wildman–Crippen MR) is 63.4 cm³/mol. The Morgan fingerprint density at radius 1 is 0.812 bits per heavy atom. The molecule has 0 aliphatic heterocycles. The molecule has 2 unspecified atom stereocenters. The minimum atomic E-state index is -1.99. The first kappa shape index (κ1) is 10.4. The first-order valence-corrected chi connectivity index (χ1v) is 5.57. The molecular weight excluding hydrogens is 247 g/mol. The highest BCUT2D eigenvalue weighted by molar-refractivity contribution is 6.35. The Labute approximate surface area is 102 Å². The second kappa shape index (κ2) is 2.90. The fraction of sp³-hybridized carbons (Fsp3) is 0.167. The number of alkyl halides is 2. The monoisotopic (exact) mass is 254 g/mol. The van der Waals surface area contributed by atoms with Crippen LogP contribution in [0.5, 0.6) is 0 Å². The van der Waals surface area contributed by atoms with E-state index >= 15 is 0 Å². The molecule has 0 amide bonds. The molecule has 2 N–H and O–H groups in total. The van der Waals surface area contributed by atoms with Gasteiger partial charge in [0.25, 0.3) is 0 Å². The first-order chi connectivity index (χ1) is 7.46. The zero-order valence-corrected chi connectivity index (χ0v) is 9.63. The molecular formula is C12H8Cl2O2. The summed E-state index contributed by atoms with van der Waals surface area (Å²) in [6.45, 7) is 0. The quantitative estimate of drug-likeness (QED) is 0.710. The van der Waals surface area contributed by atoms with Gasteiger partial charge in [-0.05, 0) is 10.8 Å². The van der Waals surface area contributed by atoms with Crippen molar-refractivity contribution in [1.82, 2.24) is 0 Å². The van der Waals surface area contributed by atoms with E-state index in [4.69, 9.17) is 23.2 Å². The second-order valence-corrected chi connectivity index (χ2v) is 5.05. The molecule has 0 heterocycles. The number of rotatable bonds is 0. The van der Waals surface area contributed by atoms with Gasteiger partial charge in [-0.15, -0.1) is 0 Å². The average Bonchev–Trinajstić information content (AvgIpc) is 2.40. The van der Waals surface area contributed by atoms with Gasteiger partial charge in [0.2, 0.25) is 10.1 Å². The lowest BCUT2D eigenvalue weighted by atomic mass is 10.1. The van der Waals surface area contributed by atoms with Crippen molar-refractivity contribution in [2.24, 2.45) is 0 Å². The predicted octanol–water partition coefficient (Wildman–Crippen LogP) is 2.62. The number of benzene rings is 2. The van der Waals surface area contributed by atoms with Gasteiger partial charge in [-0.2, -0.15) is 0 Å². The van der Waals surface area contributed by atoms with E-state index in [1.54, 1.807) is 24.3 Å². The van der Waals surface area contributed by atoms with Crippen LogP contribution in [0.15, 0.2) is 36.4 Å². The van der Waals surface area contributed by atoms with Gasteiger partial charge in [-0.25, -0.2) is 0 Å². The van der Waals surface area contributed by atoms with Crippen LogP contribution in [0, 0.1) is 0 Å². The molecule has 4 heteroatoms. The van der Waals surface area contributed by atoms with Crippen LogP contribution in [0.1, 0.15) is 11.1 Å². The summed E-state index contributed by atoms with van der Waals surface area (Å²) in [5, 5.41) is 17.9. The molecule has 1 aliphatic rings. The van der Waals surface area contributed by atoms with Crippen LogP contribution >= 0.6 is 23.2 Å². The molecule has 2 nitrogen and oxygen atoms in total. The van der Waals surface area contributed by atoms with Gasteiger partial charge in [0.1, 0.15) is 0 Å². The van der Waals surface area contributed by atoms with Crippen LogP contribution in [0.4, 0.5) is 0 Å². The Morgan fingerprint density at radius 2 is 1.25 bits per heavy atom. The van der Waals surface area contributed by atoms with E-state index in [2.05, 4.69) is 0 Å². The summed E-state index contributed by atoms with van der Waals surface area (Å²) in [4.78, 5) is 0. The molecule has 1 aliphatic carbocycles. The van der Waals surface area contributed by atoms with Crippen molar-refractivity contribution in [3.05, 3.63) is 47.5 Å². The van der Waals surface area contributed by atoms with E-state index < -0.39 is 10.1 Å². The molecule has 2 aromatic carbocycles. The average molecular weight is 255 g/mol.